The molecule has 0 amide bonds. The van der Waals surface area contributed by atoms with Crippen molar-refractivity contribution in [2.45, 2.75) is 102 Å². The maximum absolute atomic E-state index is 12.4. The average Bonchev–Trinajstić information content (AvgIpc) is 3.33. The molecule has 200 valence electrons. The highest BCUT2D eigenvalue weighted by Crippen LogP contribution is 2.46. The molecule has 0 spiro atoms. The van der Waals surface area contributed by atoms with E-state index in [2.05, 4.69) is 74.3 Å². The Morgan fingerprint density at radius 2 is 1.76 bits per heavy atom. The van der Waals surface area contributed by atoms with Crippen molar-refractivity contribution in [1.29, 1.82) is 0 Å². The number of nitrogens with zero attached hydrogens (tertiary/aromatic N) is 2. The van der Waals surface area contributed by atoms with Crippen LogP contribution in [0, 0.1) is 5.92 Å². The molecule has 1 aromatic heterocycles. The summed E-state index contributed by atoms with van der Waals surface area (Å²) in [6.07, 6.45) is 7.52. The van der Waals surface area contributed by atoms with Gasteiger partial charge in [-0.2, -0.15) is 0 Å². The maximum Gasteiger partial charge on any atom is 0.152 e. The Kier molecular flexibility index (Phi) is 7.48. The highest BCUT2D eigenvalue weighted by Gasteiger charge is 2.37. The van der Waals surface area contributed by atoms with E-state index in [1.807, 2.05) is 0 Å². The molecule has 37 heavy (non-hydrogen) atoms. The van der Waals surface area contributed by atoms with Gasteiger partial charge in [-0.25, -0.2) is 4.98 Å². The summed E-state index contributed by atoms with van der Waals surface area (Å²) in [4.78, 5) is 19.9. The molecule has 2 atom stereocenters. The van der Waals surface area contributed by atoms with E-state index in [0.717, 1.165) is 56.8 Å². The zero-order valence-electron chi connectivity index (χ0n) is 23.2. The fourth-order valence-electron chi connectivity index (χ4n) is 6.70. The number of Topliss-reactive ketones (excluding diaryl/α,β-unsaturated/α-hetero) is 1. The van der Waals surface area contributed by atoms with E-state index < -0.39 is 6.10 Å². The number of nitrogens with one attached hydrogen (secondary N) is 1. The number of carbonyl (C=O) groups excluding carboxylic acids is 1. The van der Waals surface area contributed by atoms with Crippen molar-refractivity contribution in [3.8, 4) is 11.3 Å². The van der Waals surface area contributed by atoms with Crippen molar-refractivity contribution >= 4 is 11.6 Å². The highest BCUT2D eigenvalue weighted by molar-refractivity contribution is 5.85. The fraction of sp³-hybridized carbons (Fsp3) is 0.625. The van der Waals surface area contributed by atoms with E-state index in [1.165, 1.54) is 29.5 Å². The monoisotopic (exact) mass is 503 g/mol. The van der Waals surface area contributed by atoms with Gasteiger partial charge in [-0.05, 0) is 97.6 Å². The van der Waals surface area contributed by atoms with E-state index in [4.69, 9.17) is 4.98 Å². The number of anilines is 1. The van der Waals surface area contributed by atoms with Gasteiger partial charge in [0.15, 0.2) is 5.78 Å². The van der Waals surface area contributed by atoms with Gasteiger partial charge in [-0.15, -0.1) is 0 Å². The van der Waals surface area contributed by atoms with Crippen LogP contribution in [-0.2, 0) is 15.6 Å². The number of benzene rings is 1. The molecule has 5 nitrogen and oxygen atoms in total. The minimum Gasteiger partial charge on any atom is -0.391 e. The van der Waals surface area contributed by atoms with Gasteiger partial charge in [0, 0.05) is 25.1 Å². The lowest BCUT2D eigenvalue weighted by molar-refractivity contribution is -0.122. The number of aliphatic hydroxyl groups is 1. The largest absolute Gasteiger partial charge is 0.391 e. The summed E-state index contributed by atoms with van der Waals surface area (Å²) in [7, 11) is 0. The molecule has 0 saturated carbocycles. The van der Waals surface area contributed by atoms with Crippen LogP contribution in [0.3, 0.4) is 0 Å². The van der Waals surface area contributed by atoms with Gasteiger partial charge >= 0.3 is 0 Å². The van der Waals surface area contributed by atoms with Crippen molar-refractivity contribution in [1.82, 2.24) is 10.3 Å². The van der Waals surface area contributed by atoms with Gasteiger partial charge < -0.3 is 15.3 Å². The van der Waals surface area contributed by atoms with Gasteiger partial charge in [-0.3, -0.25) is 4.79 Å². The molecule has 3 heterocycles. The summed E-state index contributed by atoms with van der Waals surface area (Å²) in [6, 6.07) is 13.1. The predicted octanol–water partition coefficient (Wildman–Crippen LogP) is 5.78. The molecule has 2 fully saturated rings. The van der Waals surface area contributed by atoms with E-state index in [0.29, 0.717) is 18.8 Å². The second-order valence-corrected chi connectivity index (χ2v) is 13.0. The van der Waals surface area contributed by atoms with Gasteiger partial charge in [0.1, 0.15) is 5.82 Å². The number of ketones is 1. The summed E-state index contributed by atoms with van der Waals surface area (Å²) < 4.78 is 0. The number of piperidine rings is 1. The van der Waals surface area contributed by atoms with Crippen molar-refractivity contribution < 1.29 is 9.90 Å². The topological polar surface area (TPSA) is 65.5 Å². The zero-order valence-corrected chi connectivity index (χ0v) is 23.2. The lowest BCUT2D eigenvalue weighted by Gasteiger charge is -2.42. The van der Waals surface area contributed by atoms with Gasteiger partial charge in [0.05, 0.1) is 17.8 Å². The molecular weight excluding hydrogens is 458 g/mol. The fourth-order valence-corrected chi connectivity index (χ4v) is 6.70. The van der Waals surface area contributed by atoms with E-state index in [-0.39, 0.29) is 22.7 Å². The quantitative estimate of drug-likeness (QED) is 0.502. The van der Waals surface area contributed by atoms with Crippen molar-refractivity contribution in [2.24, 2.45) is 5.92 Å². The van der Waals surface area contributed by atoms with Crippen LogP contribution in [-0.4, -0.2) is 47.7 Å². The number of rotatable bonds is 7. The SMILES string of the molecule is CC1(C)CCC(C)(C)c2cc(-c3cccc(N4CCC(CCCC(=O)[C@H]5NCC[C@@H]5O)CC4)n3)ccc21. The van der Waals surface area contributed by atoms with Crippen molar-refractivity contribution in [3.05, 3.63) is 47.5 Å². The van der Waals surface area contributed by atoms with Crippen molar-refractivity contribution in [2.75, 3.05) is 24.5 Å². The molecule has 2 saturated heterocycles. The summed E-state index contributed by atoms with van der Waals surface area (Å²) in [5, 5.41) is 13.1. The molecule has 2 N–H and O–H groups in total. The maximum atomic E-state index is 12.4. The Labute approximate surface area is 223 Å². The molecule has 3 aliphatic rings. The van der Waals surface area contributed by atoms with E-state index >= 15 is 0 Å². The number of hydrogen-bond acceptors (Lipinski definition) is 5. The Bertz CT molecular complexity index is 1120. The van der Waals surface area contributed by atoms with Crippen LogP contribution in [0.2, 0.25) is 0 Å². The second kappa shape index (κ2) is 10.5. The molecule has 0 bridgehead atoms. The van der Waals surface area contributed by atoms with Crippen LogP contribution in [0.25, 0.3) is 11.3 Å². The van der Waals surface area contributed by atoms with Crippen LogP contribution < -0.4 is 10.2 Å². The van der Waals surface area contributed by atoms with Crippen LogP contribution >= 0.6 is 0 Å². The van der Waals surface area contributed by atoms with Gasteiger partial charge in [-0.1, -0.05) is 45.9 Å². The third-order valence-electron chi connectivity index (χ3n) is 9.39. The average molecular weight is 504 g/mol. The minimum absolute atomic E-state index is 0.178. The number of aromatic nitrogens is 1. The number of aliphatic hydroxyl groups excluding tert-OH is 1. The number of hydrogen-bond donors (Lipinski definition) is 2. The standard InChI is InChI=1S/C32H45N3O2/c1-31(2)16-17-32(3,4)25-21-23(11-12-24(25)31)26-8-6-10-29(34-26)35-19-14-22(15-20-35)7-5-9-27(36)30-28(37)13-18-33-30/h6,8,10-12,21-22,28,30,33,37H,5,7,9,13-20H2,1-4H3/t28-,30+/m0/s1. The highest BCUT2D eigenvalue weighted by atomic mass is 16.3. The molecular formula is C32H45N3O2. The third-order valence-corrected chi connectivity index (χ3v) is 9.39. The molecule has 1 aromatic carbocycles. The minimum atomic E-state index is -0.501. The van der Waals surface area contributed by atoms with Gasteiger partial charge in [0.2, 0.25) is 0 Å². The second-order valence-electron chi connectivity index (χ2n) is 13.0. The zero-order chi connectivity index (χ0) is 26.2. The lowest BCUT2D eigenvalue weighted by Crippen LogP contribution is -2.38. The van der Waals surface area contributed by atoms with Crippen molar-refractivity contribution in [3.63, 3.8) is 0 Å². The first-order valence-electron chi connectivity index (χ1n) is 14.5. The van der Waals surface area contributed by atoms with Crippen LogP contribution in [0.15, 0.2) is 36.4 Å². The number of carbonyl (C=O) groups is 1. The number of fused-ring (bicyclic) bond motifs is 1. The number of pyridine rings is 1. The smallest absolute Gasteiger partial charge is 0.152 e. The van der Waals surface area contributed by atoms with E-state index in [9.17, 15) is 9.90 Å². The summed E-state index contributed by atoms with van der Waals surface area (Å²) >= 11 is 0. The summed E-state index contributed by atoms with van der Waals surface area (Å²) in [5.41, 5.74) is 5.66. The summed E-state index contributed by atoms with van der Waals surface area (Å²) in [5.74, 6) is 1.92. The molecule has 0 unspecified atom stereocenters. The lowest BCUT2D eigenvalue weighted by atomic mass is 9.63. The van der Waals surface area contributed by atoms with Gasteiger partial charge in [0.25, 0.3) is 0 Å². The van der Waals surface area contributed by atoms with Crippen LogP contribution in [0.5, 0.6) is 0 Å². The Morgan fingerprint density at radius 1 is 1.03 bits per heavy atom. The van der Waals surface area contributed by atoms with Crippen LogP contribution in [0.1, 0.15) is 90.2 Å². The predicted molar refractivity (Wildman–Crippen MR) is 151 cm³/mol. The Balaban J connectivity index is 1.19. The molecule has 1 aliphatic carbocycles. The van der Waals surface area contributed by atoms with E-state index in [1.54, 1.807) is 0 Å². The third kappa shape index (κ3) is 5.63. The molecule has 5 rings (SSSR count). The van der Waals surface area contributed by atoms with Crippen LogP contribution in [0.4, 0.5) is 5.82 Å². The normalized spacial score (nSPS) is 25.2. The first-order chi connectivity index (χ1) is 17.6. The molecule has 0 radical (unpaired) electrons. The molecule has 2 aromatic rings. The first kappa shape index (κ1) is 26.4. The molecule has 2 aliphatic heterocycles. The Hall–Kier alpha value is -2.24. The molecule has 5 heteroatoms. The Morgan fingerprint density at radius 3 is 2.46 bits per heavy atom. The summed E-state index contributed by atoms with van der Waals surface area (Å²) in [6.45, 7) is 12.3. The first-order valence-corrected chi connectivity index (χ1v) is 14.5.